The lowest BCUT2D eigenvalue weighted by atomic mass is 10.1. The van der Waals surface area contributed by atoms with E-state index in [1.54, 1.807) is 0 Å². The van der Waals surface area contributed by atoms with Crippen molar-refractivity contribution < 1.29 is 4.79 Å². The molecule has 1 aliphatic heterocycles. The third-order valence-corrected chi connectivity index (χ3v) is 1.63. The van der Waals surface area contributed by atoms with Gasteiger partial charge in [-0.15, -0.1) is 0 Å². The van der Waals surface area contributed by atoms with Gasteiger partial charge in [0.25, 0.3) is 0 Å². The molecule has 1 rings (SSSR count). The zero-order chi connectivity index (χ0) is 8.27. The van der Waals surface area contributed by atoms with Gasteiger partial charge in [0.2, 0.25) is 0 Å². The normalized spacial score (nSPS) is 22.4. The van der Waals surface area contributed by atoms with Crippen LogP contribution >= 0.6 is 0 Å². The maximum atomic E-state index is 11.2. The Labute approximate surface area is 67.1 Å². The van der Waals surface area contributed by atoms with Crippen LogP contribution in [0.4, 0.5) is 0 Å². The average Bonchev–Trinajstić information content (AvgIpc) is 1.93. The number of carbonyl (C=O) groups is 1. The lowest BCUT2D eigenvalue weighted by Crippen LogP contribution is -2.32. The highest BCUT2D eigenvalue weighted by Gasteiger charge is 2.13. The van der Waals surface area contributed by atoms with Crippen LogP contribution in [0, 0.1) is 0 Å². The summed E-state index contributed by atoms with van der Waals surface area (Å²) in [5.41, 5.74) is 0.939. The smallest absolute Gasteiger partial charge is 0.174 e. The molecule has 1 heterocycles. The van der Waals surface area contributed by atoms with E-state index in [9.17, 15) is 4.79 Å². The summed E-state index contributed by atoms with van der Waals surface area (Å²) >= 11 is 0. The van der Waals surface area contributed by atoms with E-state index in [-0.39, 0.29) is 5.78 Å². The predicted octanol–water partition coefficient (Wildman–Crippen LogP) is -0.00570. The summed E-state index contributed by atoms with van der Waals surface area (Å²) in [5, 5.41) is 3.03. The molecule has 3 heteroatoms. The van der Waals surface area contributed by atoms with Crippen LogP contribution < -0.4 is 5.32 Å². The Hall–Kier alpha value is -0.830. The fraction of sp³-hybridized carbons (Fsp3) is 0.625. The van der Waals surface area contributed by atoms with Crippen LogP contribution in [0.2, 0.25) is 0 Å². The molecule has 0 aromatic carbocycles. The van der Waals surface area contributed by atoms with Gasteiger partial charge in [0.05, 0.1) is 6.54 Å². The molecule has 0 saturated carbocycles. The number of rotatable bonds is 1. The van der Waals surface area contributed by atoms with Crippen LogP contribution in [0.5, 0.6) is 0 Å². The Morgan fingerprint density at radius 3 is 2.82 bits per heavy atom. The first kappa shape index (κ1) is 8.27. The molecular formula is C8H14N2O. The molecule has 0 bridgehead atoms. The zero-order valence-electron chi connectivity index (χ0n) is 7.05. The number of carbonyl (C=O) groups excluding carboxylic acids is 1. The minimum Gasteiger partial charge on any atom is -0.383 e. The first-order chi connectivity index (χ1) is 5.20. The van der Waals surface area contributed by atoms with Crippen LogP contribution in [-0.4, -0.2) is 37.9 Å². The molecule has 3 nitrogen and oxygen atoms in total. The highest BCUT2D eigenvalue weighted by Crippen LogP contribution is 2.06. The number of Topliss-reactive ketones (excluding diaryl/α,β-unsaturated/α-hetero) is 1. The molecule has 1 saturated heterocycles. The first-order valence-electron chi connectivity index (χ1n) is 3.81. The van der Waals surface area contributed by atoms with Crippen LogP contribution in [0.1, 0.15) is 6.42 Å². The molecule has 11 heavy (non-hydrogen) atoms. The molecule has 0 unspecified atom stereocenters. The molecule has 0 atom stereocenters. The van der Waals surface area contributed by atoms with Crippen molar-refractivity contribution in [1.29, 1.82) is 0 Å². The largest absolute Gasteiger partial charge is 0.383 e. The van der Waals surface area contributed by atoms with Crippen LogP contribution in [-0.2, 0) is 4.79 Å². The molecule has 0 amide bonds. The number of piperidine rings is 1. The molecule has 1 aliphatic rings. The van der Waals surface area contributed by atoms with Gasteiger partial charge in [-0.25, -0.2) is 0 Å². The molecule has 1 N–H and O–H groups in total. The molecular weight excluding hydrogens is 140 g/mol. The van der Waals surface area contributed by atoms with Crippen molar-refractivity contribution in [2.24, 2.45) is 0 Å². The maximum Gasteiger partial charge on any atom is 0.174 e. The summed E-state index contributed by atoms with van der Waals surface area (Å²) in [5.74, 6) is 0.227. The van der Waals surface area contributed by atoms with E-state index in [0.29, 0.717) is 6.54 Å². The average molecular weight is 154 g/mol. The van der Waals surface area contributed by atoms with E-state index in [1.165, 1.54) is 0 Å². The predicted molar refractivity (Wildman–Crippen MR) is 44.3 cm³/mol. The maximum absolute atomic E-state index is 11.2. The van der Waals surface area contributed by atoms with Crippen molar-refractivity contribution in [3.63, 3.8) is 0 Å². The quantitative estimate of drug-likeness (QED) is 0.539. The Bertz CT molecular complexity index is 185. The topological polar surface area (TPSA) is 32.3 Å². The Kier molecular flexibility index (Phi) is 2.65. The van der Waals surface area contributed by atoms with E-state index in [1.807, 2.05) is 25.2 Å². The Balaban J connectivity index is 2.61. The molecule has 0 spiro atoms. The molecule has 0 aromatic rings. The van der Waals surface area contributed by atoms with Crippen molar-refractivity contribution in [2.75, 3.05) is 27.2 Å². The minimum absolute atomic E-state index is 0.227. The third-order valence-electron chi connectivity index (χ3n) is 1.63. The summed E-state index contributed by atoms with van der Waals surface area (Å²) in [4.78, 5) is 13.1. The van der Waals surface area contributed by atoms with Gasteiger partial charge in [0.1, 0.15) is 0 Å². The summed E-state index contributed by atoms with van der Waals surface area (Å²) in [6, 6.07) is 0. The van der Waals surface area contributed by atoms with E-state index >= 15 is 0 Å². The molecule has 62 valence electrons. The van der Waals surface area contributed by atoms with Gasteiger partial charge in [0.15, 0.2) is 5.78 Å². The summed E-state index contributed by atoms with van der Waals surface area (Å²) < 4.78 is 0. The van der Waals surface area contributed by atoms with Gasteiger partial charge in [-0.05, 0) is 13.0 Å². The van der Waals surface area contributed by atoms with Crippen LogP contribution in [0.25, 0.3) is 0 Å². The van der Waals surface area contributed by atoms with Crippen LogP contribution in [0.3, 0.4) is 0 Å². The van der Waals surface area contributed by atoms with Gasteiger partial charge in [0, 0.05) is 25.9 Å². The van der Waals surface area contributed by atoms with Gasteiger partial charge >= 0.3 is 0 Å². The standard InChI is InChI=1S/C8H14N2O/c1-10(2)6-7-3-4-9-5-8(7)11/h6,9H,3-5H2,1-2H3/b7-6+. The SMILES string of the molecule is CN(C)/C=C1\CCNCC1=O. The van der Waals surface area contributed by atoms with Crippen molar-refractivity contribution in [1.82, 2.24) is 10.2 Å². The lowest BCUT2D eigenvalue weighted by Gasteiger charge is -2.16. The lowest BCUT2D eigenvalue weighted by molar-refractivity contribution is -0.115. The molecule has 1 fully saturated rings. The van der Waals surface area contributed by atoms with Gasteiger partial charge in [-0.2, -0.15) is 0 Å². The van der Waals surface area contributed by atoms with E-state index in [0.717, 1.165) is 18.5 Å². The fourth-order valence-corrected chi connectivity index (χ4v) is 1.13. The number of nitrogens with zero attached hydrogens (tertiary/aromatic N) is 1. The monoisotopic (exact) mass is 154 g/mol. The minimum atomic E-state index is 0.227. The highest BCUT2D eigenvalue weighted by molar-refractivity contribution is 5.97. The van der Waals surface area contributed by atoms with Gasteiger partial charge in [-0.1, -0.05) is 0 Å². The summed E-state index contributed by atoms with van der Waals surface area (Å²) in [7, 11) is 3.87. The Morgan fingerprint density at radius 1 is 1.55 bits per heavy atom. The van der Waals surface area contributed by atoms with Crippen LogP contribution in [0.15, 0.2) is 11.8 Å². The van der Waals surface area contributed by atoms with Crippen molar-refractivity contribution in [3.05, 3.63) is 11.8 Å². The van der Waals surface area contributed by atoms with Crippen molar-refractivity contribution >= 4 is 5.78 Å². The molecule has 0 radical (unpaired) electrons. The zero-order valence-corrected chi connectivity index (χ0v) is 7.05. The second-order valence-corrected chi connectivity index (χ2v) is 2.97. The summed E-state index contributed by atoms with van der Waals surface area (Å²) in [6.45, 7) is 1.42. The fourth-order valence-electron chi connectivity index (χ4n) is 1.13. The van der Waals surface area contributed by atoms with E-state index in [4.69, 9.17) is 0 Å². The number of hydrogen-bond donors (Lipinski definition) is 1. The number of hydrogen-bond acceptors (Lipinski definition) is 3. The first-order valence-corrected chi connectivity index (χ1v) is 3.81. The van der Waals surface area contributed by atoms with E-state index in [2.05, 4.69) is 5.32 Å². The Morgan fingerprint density at radius 2 is 2.27 bits per heavy atom. The number of nitrogens with one attached hydrogen (secondary N) is 1. The van der Waals surface area contributed by atoms with Gasteiger partial charge < -0.3 is 10.2 Å². The molecule has 0 aromatic heterocycles. The highest BCUT2D eigenvalue weighted by atomic mass is 16.1. The second-order valence-electron chi connectivity index (χ2n) is 2.97. The summed E-state index contributed by atoms with van der Waals surface area (Å²) in [6.07, 6.45) is 2.76. The second kappa shape index (κ2) is 3.53. The van der Waals surface area contributed by atoms with Crippen molar-refractivity contribution in [2.45, 2.75) is 6.42 Å². The van der Waals surface area contributed by atoms with Crippen molar-refractivity contribution in [3.8, 4) is 0 Å². The van der Waals surface area contributed by atoms with Gasteiger partial charge in [-0.3, -0.25) is 4.79 Å². The third kappa shape index (κ3) is 2.35. The van der Waals surface area contributed by atoms with E-state index < -0.39 is 0 Å². The molecule has 0 aliphatic carbocycles. The number of ketones is 1.